The van der Waals surface area contributed by atoms with Crippen LogP contribution in [-0.2, 0) is 0 Å². The predicted octanol–water partition coefficient (Wildman–Crippen LogP) is 3.34. The van der Waals surface area contributed by atoms with E-state index in [0.29, 0.717) is 17.4 Å². The van der Waals surface area contributed by atoms with Gasteiger partial charge in [-0.25, -0.2) is 9.97 Å². The first-order valence-corrected chi connectivity index (χ1v) is 7.13. The van der Waals surface area contributed by atoms with Crippen LogP contribution in [0.4, 0.5) is 0 Å². The van der Waals surface area contributed by atoms with E-state index < -0.39 is 0 Å². The zero-order chi connectivity index (χ0) is 13.0. The molecule has 1 aromatic rings. The largest absolute Gasteiger partial charge is 0.310 e. The molecule has 1 N–H and O–H groups in total. The van der Waals surface area contributed by atoms with Crippen LogP contribution in [0.3, 0.4) is 0 Å². The second-order valence-corrected chi connectivity index (χ2v) is 6.05. The van der Waals surface area contributed by atoms with Crippen molar-refractivity contribution in [3.05, 3.63) is 24.3 Å². The minimum atomic E-state index is 0.395. The van der Waals surface area contributed by atoms with Crippen molar-refractivity contribution in [1.82, 2.24) is 15.3 Å². The van der Waals surface area contributed by atoms with E-state index in [1.54, 1.807) is 6.33 Å². The van der Waals surface area contributed by atoms with E-state index in [4.69, 9.17) is 0 Å². The first kappa shape index (κ1) is 13.5. The smallest absolute Gasteiger partial charge is 0.115 e. The molecule has 18 heavy (non-hydrogen) atoms. The summed E-state index contributed by atoms with van der Waals surface area (Å²) in [6.07, 6.45) is 10.9. The Balaban J connectivity index is 2.24. The average molecular weight is 247 g/mol. The van der Waals surface area contributed by atoms with Gasteiger partial charge in [0.25, 0.3) is 0 Å². The van der Waals surface area contributed by atoms with E-state index in [1.165, 1.54) is 31.2 Å². The Labute approximate surface area is 110 Å². The predicted molar refractivity (Wildman–Crippen MR) is 74.2 cm³/mol. The molecule has 3 nitrogen and oxygen atoms in total. The van der Waals surface area contributed by atoms with Crippen LogP contribution in [-0.4, -0.2) is 16.5 Å². The van der Waals surface area contributed by atoms with Crippen LogP contribution >= 0.6 is 0 Å². The topological polar surface area (TPSA) is 37.8 Å². The summed E-state index contributed by atoms with van der Waals surface area (Å²) >= 11 is 0. The van der Waals surface area contributed by atoms with E-state index in [2.05, 4.69) is 36.1 Å². The van der Waals surface area contributed by atoms with Crippen molar-refractivity contribution < 1.29 is 0 Å². The molecule has 1 saturated carbocycles. The van der Waals surface area contributed by atoms with Gasteiger partial charge in [0.2, 0.25) is 0 Å². The summed E-state index contributed by atoms with van der Waals surface area (Å²) < 4.78 is 0. The van der Waals surface area contributed by atoms with E-state index in [1.807, 2.05) is 12.4 Å². The molecule has 0 bridgehead atoms. The third kappa shape index (κ3) is 2.89. The molecule has 1 aliphatic carbocycles. The van der Waals surface area contributed by atoms with Crippen LogP contribution in [0.15, 0.2) is 18.7 Å². The Morgan fingerprint density at radius 2 is 2.06 bits per heavy atom. The van der Waals surface area contributed by atoms with Crippen molar-refractivity contribution >= 4 is 0 Å². The van der Waals surface area contributed by atoms with E-state index in [-0.39, 0.29) is 0 Å². The van der Waals surface area contributed by atoms with Crippen molar-refractivity contribution in [2.45, 2.75) is 52.5 Å². The quantitative estimate of drug-likeness (QED) is 0.886. The van der Waals surface area contributed by atoms with Crippen molar-refractivity contribution in [2.24, 2.45) is 11.3 Å². The van der Waals surface area contributed by atoms with Crippen LogP contribution in [0.2, 0.25) is 0 Å². The van der Waals surface area contributed by atoms with Gasteiger partial charge in [-0.3, -0.25) is 0 Å². The molecule has 2 rings (SSSR count). The maximum Gasteiger partial charge on any atom is 0.115 e. The van der Waals surface area contributed by atoms with Crippen molar-refractivity contribution in [2.75, 3.05) is 6.54 Å². The third-order valence-electron chi connectivity index (χ3n) is 4.36. The molecule has 1 heterocycles. The Hall–Kier alpha value is -0.960. The Bertz CT molecular complexity index is 361. The number of hydrogen-bond donors (Lipinski definition) is 1. The maximum atomic E-state index is 4.18. The van der Waals surface area contributed by atoms with Gasteiger partial charge in [-0.15, -0.1) is 0 Å². The normalized spacial score (nSPS) is 24.7. The van der Waals surface area contributed by atoms with E-state index in [0.717, 1.165) is 6.54 Å². The number of nitrogens with one attached hydrogen (secondary N) is 1. The highest BCUT2D eigenvalue weighted by Crippen LogP contribution is 2.46. The molecule has 0 saturated heterocycles. The second kappa shape index (κ2) is 5.79. The Kier molecular flexibility index (Phi) is 4.33. The molecule has 3 heteroatoms. The van der Waals surface area contributed by atoms with Crippen LogP contribution < -0.4 is 5.32 Å². The van der Waals surface area contributed by atoms with Crippen LogP contribution in [0.5, 0.6) is 0 Å². The molecule has 1 aliphatic rings. The zero-order valence-corrected chi connectivity index (χ0v) is 11.8. The van der Waals surface area contributed by atoms with Gasteiger partial charge >= 0.3 is 0 Å². The monoisotopic (exact) mass is 247 g/mol. The SMILES string of the molecule is CCNC(c1cncnc1)C1CCCCC1(C)C. The molecule has 100 valence electrons. The highest BCUT2D eigenvalue weighted by molar-refractivity contribution is 5.12. The first-order valence-electron chi connectivity index (χ1n) is 7.13. The lowest BCUT2D eigenvalue weighted by molar-refractivity contribution is 0.0986. The number of hydrogen-bond acceptors (Lipinski definition) is 3. The molecule has 1 aromatic heterocycles. The van der Waals surface area contributed by atoms with Gasteiger partial charge in [-0.2, -0.15) is 0 Å². The molecular formula is C15H25N3. The van der Waals surface area contributed by atoms with Crippen molar-refractivity contribution in [1.29, 1.82) is 0 Å². The molecule has 0 aromatic carbocycles. The van der Waals surface area contributed by atoms with Crippen LogP contribution in [0.25, 0.3) is 0 Å². The fourth-order valence-electron chi connectivity index (χ4n) is 3.32. The average Bonchev–Trinajstić information content (AvgIpc) is 2.37. The summed E-state index contributed by atoms with van der Waals surface area (Å²) in [6, 6.07) is 0.395. The van der Waals surface area contributed by atoms with Gasteiger partial charge in [-0.05, 0) is 30.7 Å². The molecule has 0 aliphatic heterocycles. The minimum Gasteiger partial charge on any atom is -0.310 e. The second-order valence-electron chi connectivity index (χ2n) is 6.05. The summed E-state index contributed by atoms with van der Waals surface area (Å²) in [5.41, 5.74) is 1.64. The molecule has 1 fully saturated rings. The Morgan fingerprint density at radius 1 is 1.33 bits per heavy atom. The van der Waals surface area contributed by atoms with Gasteiger partial charge in [0.1, 0.15) is 6.33 Å². The van der Waals surface area contributed by atoms with Crippen molar-refractivity contribution in [3.63, 3.8) is 0 Å². The lowest BCUT2D eigenvalue weighted by Crippen LogP contribution is -2.39. The summed E-state index contributed by atoms with van der Waals surface area (Å²) in [5, 5.41) is 3.64. The van der Waals surface area contributed by atoms with Gasteiger partial charge < -0.3 is 5.32 Å². The Morgan fingerprint density at radius 3 is 2.67 bits per heavy atom. The standard InChI is InChI=1S/C15H25N3/c1-4-18-14(12-9-16-11-17-10-12)13-7-5-6-8-15(13,2)3/h9-11,13-14,18H,4-8H2,1-3H3. The first-order chi connectivity index (χ1) is 8.65. The summed E-state index contributed by atoms with van der Waals surface area (Å²) in [6.45, 7) is 7.98. The van der Waals surface area contributed by atoms with Crippen LogP contribution in [0, 0.1) is 11.3 Å². The molecule has 2 atom stereocenters. The number of nitrogens with zero attached hydrogens (tertiary/aromatic N) is 2. The van der Waals surface area contributed by atoms with E-state index in [9.17, 15) is 0 Å². The lowest BCUT2D eigenvalue weighted by atomic mass is 9.65. The third-order valence-corrected chi connectivity index (χ3v) is 4.36. The van der Waals surface area contributed by atoms with Gasteiger partial charge in [-0.1, -0.05) is 33.6 Å². The molecule has 0 radical (unpaired) electrons. The number of aromatic nitrogens is 2. The van der Waals surface area contributed by atoms with E-state index >= 15 is 0 Å². The van der Waals surface area contributed by atoms with Gasteiger partial charge in [0.15, 0.2) is 0 Å². The summed E-state index contributed by atoms with van der Waals surface area (Å²) in [4.78, 5) is 8.36. The van der Waals surface area contributed by atoms with Gasteiger partial charge in [0.05, 0.1) is 0 Å². The lowest BCUT2D eigenvalue weighted by Gasteiger charge is -2.43. The highest BCUT2D eigenvalue weighted by Gasteiger charge is 2.37. The number of rotatable bonds is 4. The van der Waals surface area contributed by atoms with Gasteiger partial charge in [0, 0.05) is 24.0 Å². The molecule has 0 amide bonds. The molecule has 0 spiro atoms. The fraction of sp³-hybridized carbons (Fsp3) is 0.733. The minimum absolute atomic E-state index is 0.395. The summed E-state index contributed by atoms with van der Waals surface area (Å²) in [7, 11) is 0. The molecular weight excluding hydrogens is 222 g/mol. The highest BCUT2D eigenvalue weighted by atomic mass is 14.9. The zero-order valence-electron chi connectivity index (χ0n) is 11.8. The van der Waals surface area contributed by atoms with Crippen LogP contribution in [0.1, 0.15) is 58.1 Å². The summed E-state index contributed by atoms with van der Waals surface area (Å²) in [5.74, 6) is 0.678. The fourth-order valence-corrected chi connectivity index (χ4v) is 3.32. The van der Waals surface area contributed by atoms with Crippen molar-refractivity contribution in [3.8, 4) is 0 Å². The maximum absolute atomic E-state index is 4.18. The molecule has 2 unspecified atom stereocenters.